The quantitative estimate of drug-likeness (QED) is 0.322. The van der Waals surface area contributed by atoms with E-state index in [2.05, 4.69) is 10.4 Å². The van der Waals surface area contributed by atoms with Gasteiger partial charge in [-0.3, -0.25) is 9.48 Å². The minimum Gasteiger partial charge on any atom is -0.496 e. The summed E-state index contributed by atoms with van der Waals surface area (Å²) < 4.78 is 26.2. The molecule has 3 aromatic carbocycles. The number of aryl methyl sites for hydroxylation is 1. The number of rotatable bonds is 9. The molecule has 0 aliphatic heterocycles. The maximum atomic E-state index is 13.1. The predicted molar refractivity (Wildman–Crippen MR) is 134 cm³/mol. The lowest BCUT2D eigenvalue weighted by molar-refractivity contribution is -0.111. The summed E-state index contributed by atoms with van der Waals surface area (Å²) in [6, 6.07) is 21.4. The molecule has 0 bridgehead atoms. The molecule has 0 aliphatic rings. The van der Waals surface area contributed by atoms with Crippen LogP contribution in [-0.4, -0.2) is 22.8 Å². The minimum absolute atomic E-state index is 0.281. The molecule has 0 radical (unpaired) electrons. The number of hydrogen-bond donors (Lipinski definition) is 1. The number of hydrogen-bond acceptors (Lipinski definition) is 4. The summed E-state index contributed by atoms with van der Waals surface area (Å²) in [5.41, 5.74) is 3.68. The lowest BCUT2D eigenvalue weighted by Crippen LogP contribution is -2.09. The van der Waals surface area contributed by atoms with E-state index in [0.717, 1.165) is 28.0 Å². The summed E-state index contributed by atoms with van der Waals surface area (Å²) in [5.74, 6) is 1.38. The summed E-state index contributed by atoms with van der Waals surface area (Å²) in [7, 11) is 1.62. The van der Waals surface area contributed by atoms with Crippen molar-refractivity contribution in [2.45, 2.75) is 20.1 Å². The SMILES string of the molecule is COc1ccc(/C=C/C(=O)Nc2ccn(Cc3ccc(F)cc3)n2)cc1COc1ccccc1C. The monoisotopic (exact) mass is 471 g/mol. The zero-order chi connectivity index (χ0) is 24.6. The Morgan fingerprint density at radius 3 is 2.63 bits per heavy atom. The van der Waals surface area contributed by atoms with Crippen LogP contribution in [0.4, 0.5) is 10.2 Å². The summed E-state index contributed by atoms with van der Waals surface area (Å²) in [6.45, 7) is 2.81. The fourth-order valence-corrected chi connectivity index (χ4v) is 3.52. The maximum absolute atomic E-state index is 13.1. The van der Waals surface area contributed by atoms with Crippen LogP contribution in [0.25, 0.3) is 6.08 Å². The lowest BCUT2D eigenvalue weighted by Gasteiger charge is -2.12. The first-order valence-electron chi connectivity index (χ1n) is 11.1. The van der Waals surface area contributed by atoms with Crippen molar-refractivity contribution in [3.8, 4) is 11.5 Å². The molecule has 0 saturated heterocycles. The molecule has 0 aliphatic carbocycles. The van der Waals surface area contributed by atoms with Crippen molar-refractivity contribution in [2.24, 2.45) is 0 Å². The van der Waals surface area contributed by atoms with E-state index in [1.807, 2.05) is 49.4 Å². The molecule has 178 valence electrons. The Morgan fingerprint density at radius 1 is 1.06 bits per heavy atom. The fourth-order valence-electron chi connectivity index (χ4n) is 3.52. The van der Waals surface area contributed by atoms with Gasteiger partial charge < -0.3 is 14.8 Å². The van der Waals surface area contributed by atoms with E-state index in [1.54, 1.807) is 42.3 Å². The number of benzene rings is 3. The third-order valence-electron chi connectivity index (χ3n) is 5.36. The molecular weight excluding hydrogens is 445 g/mol. The third-order valence-corrected chi connectivity index (χ3v) is 5.36. The van der Waals surface area contributed by atoms with Gasteiger partial charge in [-0.15, -0.1) is 0 Å². The van der Waals surface area contributed by atoms with E-state index in [9.17, 15) is 9.18 Å². The van der Waals surface area contributed by atoms with Crippen molar-refractivity contribution in [3.05, 3.63) is 113 Å². The second kappa shape index (κ2) is 11.2. The maximum Gasteiger partial charge on any atom is 0.249 e. The Labute approximate surface area is 203 Å². The van der Waals surface area contributed by atoms with Gasteiger partial charge in [-0.25, -0.2) is 4.39 Å². The highest BCUT2D eigenvalue weighted by molar-refractivity contribution is 6.01. The molecule has 0 atom stereocenters. The summed E-state index contributed by atoms with van der Waals surface area (Å²) in [4.78, 5) is 12.4. The standard InChI is InChI=1S/C28H26FN3O3/c1-20-5-3-4-6-25(20)35-19-23-17-21(9-13-26(23)34-2)10-14-28(33)30-27-15-16-32(31-27)18-22-7-11-24(29)12-8-22/h3-17H,18-19H2,1-2H3,(H,30,31,33)/b14-10+. The zero-order valence-electron chi connectivity index (χ0n) is 19.6. The molecule has 0 fully saturated rings. The summed E-state index contributed by atoms with van der Waals surface area (Å²) in [6.07, 6.45) is 4.93. The Balaban J connectivity index is 1.37. The van der Waals surface area contributed by atoms with Gasteiger partial charge in [-0.1, -0.05) is 36.4 Å². The Bertz CT molecular complexity index is 1330. The molecular formula is C28H26FN3O3. The van der Waals surface area contributed by atoms with Gasteiger partial charge in [0, 0.05) is 23.9 Å². The van der Waals surface area contributed by atoms with Gasteiger partial charge in [-0.05, 0) is 60.0 Å². The topological polar surface area (TPSA) is 65.4 Å². The van der Waals surface area contributed by atoms with Gasteiger partial charge in [-0.2, -0.15) is 5.10 Å². The van der Waals surface area contributed by atoms with Crippen molar-refractivity contribution in [3.63, 3.8) is 0 Å². The summed E-state index contributed by atoms with van der Waals surface area (Å²) in [5, 5.41) is 7.09. The highest BCUT2D eigenvalue weighted by Crippen LogP contribution is 2.24. The van der Waals surface area contributed by atoms with Crippen LogP contribution in [0.5, 0.6) is 11.5 Å². The number of ether oxygens (including phenoxy) is 2. The highest BCUT2D eigenvalue weighted by Gasteiger charge is 2.07. The average Bonchev–Trinajstić information content (AvgIpc) is 3.30. The van der Waals surface area contributed by atoms with E-state index in [4.69, 9.17) is 9.47 Å². The molecule has 0 unspecified atom stereocenters. The van der Waals surface area contributed by atoms with Crippen LogP contribution < -0.4 is 14.8 Å². The number of nitrogens with zero attached hydrogens (tertiary/aromatic N) is 2. The number of halogens is 1. The molecule has 4 aromatic rings. The Hall–Kier alpha value is -4.39. The lowest BCUT2D eigenvalue weighted by atomic mass is 10.1. The molecule has 1 aromatic heterocycles. The largest absolute Gasteiger partial charge is 0.496 e. The van der Waals surface area contributed by atoms with Gasteiger partial charge in [0.15, 0.2) is 5.82 Å². The van der Waals surface area contributed by atoms with Crippen molar-refractivity contribution in [2.75, 3.05) is 12.4 Å². The van der Waals surface area contributed by atoms with Crippen LogP contribution >= 0.6 is 0 Å². The van der Waals surface area contributed by atoms with Gasteiger partial charge in [0.25, 0.3) is 0 Å². The first-order chi connectivity index (χ1) is 17.0. The summed E-state index contributed by atoms with van der Waals surface area (Å²) >= 11 is 0. The number of anilines is 1. The van der Waals surface area contributed by atoms with Gasteiger partial charge in [0.05, 0.1) is 13.7 Å². The van der Waals surface area contributed by atoms with E-state index in [0.29, 0.717) is 24.7 Å². The van der Waals surface area contributed by atoms with Crippen molar-refractivity contribution in [1.29, 1.82) is 0 Å². The van der Waals surface area contributed by atoms with E-state index < -0.39 is 0 Å². The normalized spacial score (nSPS) is 10.9. The van der Waals surface area contributed by atoms with E-state index in [1.165, 1.54) is 18.2 Å². The number of aromatic nitrogens is 2. The number of para-hydroxylation sites is 1. The molecule has 7 heteroatoms. The van der Waals surface area contributed by atoms with Gasteiger partial charge in [0.1, 0.15) is 23.9 Å². The Kier molecular flexibility index (Phi) is 7.57. The van der Waals surface area contributed by atoms with E-state index >= 15 is 0 Å². The highest BCUT2D eigenvalue weighted by atomic mass is 19.1. The number of nitrogens with one attached hydrogen (secondary N) is 1. The second-order valence-electron chi connectivity index (χ2n) is 7.97. The first-order valence-corrected chi connectivity index (χ1v) is 11.1. The smallest absolute Gasteiger partial charge is 0.249 e. The third kappa shape index (κ3) is 6.57. The number of amides is 1. The van der Waals surface area contributed by atoms with Crippen LogP contribution in [0, 0.1) is 12.7 Å². The van der Waals surface area contributed by atoms with Crippen LogP contribution in [0.2, 0.25) is 0 Å². The van der Waals surface area contributed by atoms with Crippen molar-refractivity contribution < 1.29 is 18.7 Å². The minimum atomic E-state index is -0.300. The molecule has 6 nitrogen and oxygen atoms in total. The second-order valence-corrected chi connectivity index (χ2v) is 7.97. The van der Waals surface area contributed by atoms with Gasteiger partial charge >= 0.3 is 0 Å². The molecule has 4 rings (SSSR count). The molecule has 1 N–H and O–H groups in total. The zero-order valence-corrected chi connectivity index (χ0v) is 19.6. The molecule has 0 spiro atoms. The number of carbonyl (C=O) groups is 1. The molecule has 1 heterocycles. The predicted octanol–water partition coefficient (Wildman–Crippen LogP) is 5.62. The number of methoxy groups -OCH3 is 1. The molecule has 35 heavy (non-hydrogen) atoms. The van der Waals surface area contributed by atoms with Crippen LogP contribution in [0.1, 0.15) is 22.3 Å². The van der Waals surface area contributed by atoms with Crippen LogP contribution in [-0.2, 0) is 17.9 Å². The fraction of sp³-hybridized carbons (Fsp3) is 0.143. The first kappa shape index (κ1) is 23.8. The van der Waals surface area contributed by atoms with E-state index in [-0.39, 0.29) is 11.7 Å². The molecule has 1 amide bonds. The van der Waals surface area contributed by atoms with Crippen molar-refractivity contribution >= 4 is 17.8 Å². The average molecular weight is 472 g/mol. The van der Waals surface area contributed by atoms with Crippen molar-refractivity contribution in [1.82, 2.24) is 9.78 Å². The Morgan fingerprint density at radius 2 is 1.86 bits per heavy atom. The van der Waals surface area contributed by atoms with Gasteiger partial charge in [0.2, 0.25) is 5.91 Å². The van der Waals surface area contributed by atoms with Crippen LogP contribution in [0.3, 0.4) is 0 Å². The molecule has 0 saturated carbocycles. The van der Waals surface area contributed by atoms with Crippen LogP contribution in [0.15, 0.2) is 85.1 Å². The number of carbonyl (C=O) groups excluding carboxylic acids is 1.